The highest BCUT2D eigenvalue weighted by atomic mass is 16.5. The highest BCUT2D eigenvalue weighted by Gasteiger charge is 2.17. The molecule has 2 aromatic carbocycles. The lowest BCUT2D eigenvalue weighted by Gasteiger charge is -2.12. The molecule has 0 saturated heterocycles. The molecule has 4 heteroatoms. The summed E-state index contributed by atoms with van der Waals surface area (Å²) >= 11 is 0. The average Bonchev–Trinajstić information content (AvgIpc) is 2.97. The molecule has 0 aliphatic heterocycles. The van der Waals surface area contributed by atoms with Crippen LogP contribution in [0.15, 0.2) is 48.8 Å². The first-order valence-electron chi connectivity index (χ1n) is 8.99. The molecule has 1 N–H and O–H groups in total. The van der Waals surface area contributed by atoms with Crippen molar-refractivity contribution in [3.8, 4) is 5.75 Å². The Kier molecular flexibility index (Phi) is 5.39. The van der Waals surface area contributed by atoms with Crippen LogP contribution in [0.1, 0.15) is 25.0 Å². The van der Waals surface area contributed by atoms with Gasteiger partial charge in [0.25, 0.3) is 0 Å². The Morgan fingerprint density at radius 3 is 2.72 bits per heavy atom. The molecule has 0 saturated carbocycles. The number of aliphatic hydroxyl groups is 1. The standard InChI is InChI=1S/C21H27N2O2/c1-4-17-10-16(3)11-19(12-17)25-14-18(24)13-23-15-22(5-2)20-8-6-7-9-21(20)23/h6-12,15,18,24H,4-5,13-14H2,1-3H3/q+1/t18-/m0/s1. The highest BCUT2D eigenvalue weighted by molar-refractivity contribution is 5.71. The molecule has 4 nitrogen and oxygen atoms in total. The number of benzene rings is 2. The van der Waals surface area contributed by atoms with E-state index in [-0.39, 0.29) is 6.61 Å². The highest BCUT2D eigenvalue weighted by Crippen LogP contribution is 2.17. The quantitative estimate of drug-likeness (QED) is 0.671. The second-order valence-electron chi connectivity index (χ2n) is 6.52. The van der Waals surface area contributed by atoms with Crippen molar-refractivity contribution in [1.82, 2.24) is 4.57 Å². The maximum Gasteiger partial charge on any atom is 0.244 e. The molecule has 0 unspecified atom stereocenters. The first-order chi connectivity index (χ1) is 12.1. The zero-order valence-electron chi connectivity index (χ0n) is 15.3. The number of fused-ring (bicyclic) bond motifs is 1. The average molecular weight is 339 g/mol. The predicted molar refractivity (Wildman–Crippen MR) is 99.9 cm³/mol. The molecule has 25 heavy (non-hydrogen) atoms. The second-order valence-corrected chi connectivity index (χ2v) is 6.52. The van der Waals surface area contributed by atoms with Crippen LogP contribution in [0.5, 0.6) is 5.75 Å². The van der Waals surface area contributed by atoms with Crippen LogP contribution in [-0.2, 0) is 19.5 Å². The number of aryl methyl sites for hydroxylation is 3. The maximum absolute atomic E-state index is 10.4. The lowest BCUT2D eigenvalue weighted by molar-refractivity contribution is -0.679. The zero-order valence-corrected chi connectivity index (χ0v) is 15.3. The van der Waals surface area contributed by atoms with Gasteiger partial charge in [0.2, 0.25) is 6.33 Å². The van der Waals surface area contributed by atoms with Crippen LogP contribution >= 0.6 is 0 Å². The molecule has 1 heterocycles. The van der Waals surface area contributed by atoms with Crippen LogP contribution in [0.25, 0.3) is 11.0 Å². The lowest BCUT2D eigenvalue weighted by Crippen LogP contribution is -2.41. The lowest BCUT2D eigenvalue weighted by atomic mass is 10.1. The molecule has 0 amide bonds. The van der Waals surface area contributed by atoms with E-state index in [0.717, 1.165) is 24.2 Å². The smallest absolute Gasteiger partial charge is 0.244 e. The van der Waals surface area contributed by atoms with Crippen molar-refractivity contribution in [3.05, 3.63) is 59.9 Å². The van der Waals surface area contributed by atoms with E-state index < -0.39 is 6.10 Å². The van der Waals surface area contributed by atoms with Gasteiger partial charge in [0, 0.05) is 0 Å². The molecular formula is C21H27N2O2+. The molecule has 3 aromatic rings. The Hall–Kier alpha value is -2.33. The number of hydrogen-bond acceptors (Lipinski definition) is 2. The van der Waals surface area contributed by atoms with Gasteiger partial charge in [-0.25, -0.2) is 9.13 Å². The Morgan fingerprint density at radius 1 is 1.16 bits per heavy atom. The van der Waals surface area contributed by atoms with Gasteiger partial charge in [-0.1, -0.05) is 25.1 Å². The van der Waals surface area contributed by atoms with Crippen molar-refractivity contribution < 1.29 is 14.4 Å². The van der Waals surface area contributed by atoms with E-state index in [1.54, 1.807) is 0 Å². The first-order valence-corrected chi connectivity index (χ1v) is 8.99. The molecule has 1 aromatic heterocycles. The number of imidazole rings is 1. The van der Waals surface area contributed by atoms with Crippen molar-refractivity contribution >= 4 is 11.0 Å². The SMILES string of the molecule is CCc1cc(C)cc(OC[C@@H](O)C[n+]2cn(CC)c3ccccc32)c1. The molecule has 0 aliphatic carbocycles. The Morgan fingerprint density at radius 2 is 1.96 bits per heavy atom. The molecule has 132 valence electrons. The minimum atomic E-state index is -0.563. The molecule has 3 rings (SSSR count). The first kappa shape index (κ1) is 17.5. The zero-order chi connectivity index (χ0) is 17.8. The summed E-state index contributed by atoms with van der Waals surface area (Å²) in [6, 6.07) is 14.5. The molecule has 0 bridgehead atoms. The van der Waals surface area contributed by atoms with Gasteiger partial charge in [-0.15, -0.1) is 0 Å². The third kappa shape index (κ3) is 4.02. The third-order valence-electron chi connectivity index (χ3n) is 4.49. The van der Waals surface area contributed by atoms with Crippen molar-refractivity contribution in [2.45, 2.75) is 46.4 Å². The van der Waals surface area contributed by atoms with Gasteiger partial charge in [0.15, 0.2) is 11.0 Å². The topological polar surface area (TPSA) is 38.3 Å². The summed E-state index contributed by atoms with van der Waals surface area (Å²) in [6.07, 6.45) is 2.48. The molecular weight excluding hydrogens is 312 g/mol. The molecule has 0 spiro atoms. The van der Waals surface area contributed by atoms with Gasteiger partial charge in [-0.05, 0) is 55.7 Å². The number of para-hydroxylation sites is 2. The fraction of sp³-hybridized carbons (Fsp3) is 0.381. The van der Waals surface area contributed by atoms with Crippen LogP contribution in [0.2, 0.25) is 0 Å². The number of ether oxygens (including phenoxy) is 1. The Balaban J connectivity index is 1.69. The largest absolute Gasteiger partial charge is 0.491 e. The fourth-order valence-electron chi connectivity index (χ4n) is 3.22. The number of rotatable bonds is 7. The van der Waals surface area contributed by atoms with Gasteiger partial charge < -0.3 is 9.84 Å². The number of hydrogen-bond donors (Lipinski definition) is 1. The minimum absolute atomic E-state index is 0.283. The monoisotopic (exact) mass is 339 g/mol. The summed E-state index contributed by atoms with van der Waals surface area (Å²) < 4.78 is 10.1. The van der Waals surface area contributed by atoms with Gasteiger partial charge in [-0.3, -0.25) is 0 Å². The number of aliphatic hydroxyl groups excluding tert-OH is 1. The molecule has 0 aliphatic rings. The minimum Gasteiger partial charge on any atom is -0.491 e. The van der Waals surface area contributed by atoms with E-state index in [1.807, 2.05) is 18.2 Å². The van der Waals surface area contributed by atoms with Crippen molar-refractivity contribution in [2.24, 2.45) is 0 Å². The van der Waals surface area contributed by atoms with Gasteiger partial charge in [0.05, 0.1) is 6.54 Å². The van der Waals surface area contributed by atoms with Crippen molar-refractivity contribution in [1.29, 1.82) is 0 Å². The second kappa shape index (κ2) is 7.70. The van der Waals surface area contributed by atoms with E-state index in [2.05, 4.69) is 60.5 Å². The van der Waals surface area contributed by atoms with E-state index in [4.69, 9.17) is 4.74 Å². The van der Waals surface area contributed by atoms with E-state index in [0.29, 0.717) is 6.54 Å². The summed E-state index contributed by atoms with van der Waals surface area (Å²) in [4.78, 5) is 0. The van der Waals surface area contributed by atoms with Gasteiger partial charge >= 0.3 is 0 Å². The Labute approximate surface area is 149 Å². The maximum atomic E-state index is 10.4. The summed E-state index contributed by atoms with van der Waals surface area (Å²) in [6.45, 7) is 8.03. The third-order valence-corrected chi connectivity index (χ3v) is 4.49. The van der Waals surface area contributed by atoms with Crippen molar-refractivity contribution in [3.63, 3.8) is 0 Å². The predicted octanol–water partition coefficient (Wildman–Crippen LogP) is 3.26. The van der Waals surface area contributed by atoms with Gasteiger partial charge in [-0.2, -0.15) is 0 Å². The summed E-state index contributed by atoms with van der Waals surface area (Å²) in [5.41, 5.74) is 4.76. The summed E-state index contributed by atoms with van der Waals surface area (Å²) in [7, 11) is 0. The van der Waals surface area contributed by atoms with Crippen molar-refractivity contribution in [2.75, 3.05) is 6.61 Å². The van der Waals surface area contributed by atoms with E-state index in [1.165, 1.54) is 16.6 Å². The van der Waals surface area contributed by atoms with Crippen LogP contribution in [-0.4, -0.2) is 22.4 Å². The number of nitrogens with zero attached hydrogens (tertiary/aromatic N) is 2. The molecule has 0 radical (unpaired) electrons. The normalized spacial score (nSPS) is 12.5. The molecule has 0 fully saturated rings. The van der Waals surface area contributed by atoms with Crippen LogP contribution < -0.4 is 9.30 Å². The number of aromatic nitrogens is 2. The summed E-state index contributed by atoms with van der Waals surface area (Å²) in [5, 5.41) is 10.4. The summed E-state index contributed by atoms with van der Waals surface area (Å²) in [5.74, 6) is 0.830. The van der Waals surface area contributed by atoms with Gasteiger partial charge in [0.1, 0.15) is 25.0 Å². The molecule has 1 atom stereocenters. The van der Waals surface area contributed by atoms with Crippen LogP contribution in [0, 0.1) is 6.92 Å². The van der Waals surface area contributed by atoms with E-state index in [9.17, 15) is 5.11 Å². The van der Waals surface area contributed by atoms with Crippen LogP contribution in [0.4, 0.5) is 0 Å². The Bertz CT molecular complexity index is 854. The van der Waals surface area contributed by atoms with Crippen LogP contribution in [0.3, 0.4) is 0 Å². The van der Waals surface area contributed by atoms with E-state index >= 15 is 0 Å². The fourth-order valence-corrected chi connectivity index (χ4v) is 3.22.